The van der Waals surface area contributed by atoms with Gasteiger partial charge in [0.2, 0.25) is 0 Å². The van der Waals surface area contributed by atoms with Gasteiger partial charge in [-0.05, 0) is 31.0 Å². The molecule has 0 saturated heterocycles. The van der Waals surface area contributed by atoms with E-state index in [9.17, 15) is 10.1 Å². The summed E-state index contributed by atoms with van der Waals surface area (Å²) in [7, 11) is 0. The first-order chi connectivity index (χ1) is 8.58. The SMILES string of the molecule is Cc1cccc(OCCCNC(N)=C[N+](=O)[O-])c1. The van der Waals surface area contributed by atoms with Gasteiger partial charge in [-0.2, -0.15) is 0 Å². The van der Waals surface area contributed by atoms with E-state index in [0.29, 0.717) is 19.6 Å². The van der Waals surface area contributed by atoms with Crippen LogP contribution >= 0.6 is 0 Å². The molecule has 0 radical (unpaired) electrons. The Morgan fingerprint density at radius 3 is 3.06 bits per heavy atom. The quantitative estimate of drug-likeness (QED) is 0.434. The van der Waals surface area contributed by atoms with Gasteiger partial charge >= 0.3 is 0 Å². The molecule has 0 unspecified atom stereocenters. The molecule has 0 amide bonds. The van der Waals surface area contributed by atoms with Crippen LogP contribution in [0.5, 0.6) is 5.75 Å². The smallest absolute Gasteiger partial charge is 0.273 e. The Morgan fingerprint density at radius 1 is 1.61 bits per heavy atom. The summed E-state index contributed by atoms with van der Waals surface area (Å²) in [6, 6.07) is 7.77. The first-order valence-electron chi connectivity index (χ1n) is 5.62. The number of benzene rings is 1. The van der Waals surface area contributed by atoms with Crippen molar-refractivity contribution < 1.29 is 9.66 Å². The third-order valence-corrected chi connectivity index (χ3v) is 2.15. The zero-order chi connectivity index (χ0) is 13.4. The monoisotopic (exact) mass is 251 g/mol. The molecule has 98 valence electrons. The van der Waals surface area contributed by atoms with Crippen molar-refractivity contribution in [3.8, 4) is 5.75 Å². The van der Waals surface area contributed by atoms with E-state index in [4.69, 9.17) is 10.5 Å². The first kappa shape index (κ1) is 13.8. The highest BCUT2D eigenvalue weighted by molar-refractivity contribution is 5.27. The number of aryl methyl sites for hydroxylation is 1. The third kappa shape index (κ3) is 5.74. The fourth-order valence-electron chi connectivity index (χ4n) is 1.36. The summed E-state index contributed by atoms with van der Waals surface area (Å²) in [6.45, 7) is 3.06. The van der Waals surface area contributed by atoms with Crippen LogP contribution in [0.25, 0.3) is 0 Å². The number of hydrogen-bond donors (Lipinski definition) is 2. The normalized spacial score (nSPS) is 11.1. The summed E-state index contributed by atoms with van der Waals surface area (Å²) in [5.41, 5.74) is 6.50. The van der Waals surface area contributed by atoms with Crippen molar-refractivity contribution in [3.05, 3.63) is 52.0 Å². The minimum absolute atomic E-state index is 0.0514. The zero-order valence-electron chi connectivity index (χ0n) is 10.3. The average molecular weight is 251 g/mol. The number of ether oxygens (including phenoxy) is 1. The van der Waals surface area contributed by atoms with E-state index in [1.165, 1.54) is 0 Å². The van der Waals surface area contributed by atoms with Crippen LogP contribution in [0.3, 0.4) is 0 Å². The van der Waals surface area contributed by atoms with Crippen LogP contribution in [0.4, 0.5) is 0 Å². The number of nitrogens with one attached hydrogen (secondary N) is 1. The maximum Gasteiger partial charge on any atom is 0.273 e. The first-order valence-corrected chi connectivity index (χ1v) is 5.62. The molecule has 1 rings (SSSR count). The summed E-state index contributed by atoms with van der Waals surface area (Å²) in [4.78, 5) is 9.51. The molecular formula is C12H17N3O3. The molecule has 3 N–H and O–H groups in total. The van der Waals surface area contributed by atoms with Crippen molar-refractivity contribution in [2.45, 2.75) is 13.3 Å². The largest absolute Gasteiger partial charge is 0.494 e. The lowest BCUT2D eigenvalue weighted by atomic mass is 10.2. The molecule has 0 aromatic heterocycles. The predicted molar refractivity (Wildman–Crippen MR) is 68.6 cm³/mol. The molecule has 0 saturated carbocycles. The van der Waals surface area contributed by atoms with E-state index in [2.05, 4.69) is 5.32 Å². The van der Waals surface area contributed by atoms with Crippen LogP contribution in [-0.4, -0.2) is 18.1 Å². The maximum atomic E-state index is 10.1. The van der Waals surface area contributed by atoms with Crippen LogP contribution in [0, 0.1) is 17.0 Å². The highest BCUT2D eigenvalue weighted by Gasteiger charge is 1.97. The molecule has 6 heteroatoms. The molecule has 6 nitrogen and oxygen atoms in total. The van der Waals surface area contributed by atoms with Gasteiger partial charge in [0, 0.05) is 6.54 Å². The predicted octanol–water partition coefficient (Wildman–Crippen LogP) is 1.39. The topological polar surface area (TPSA) is 90.4 Å². The lowest BCUT2D eigenvalue weighted by Gasteiger charge is -2.07. The Hall–Kier alpha value is -2.24. The van der Waals surface area contributed by atoms with Gasteiger partial charge in [-0.3, -0.25) is 10.1 Å². The van der Waals surface area contributed by atoms with Crippen molar-refractivity contribution >= 4 is 0 Å². The van der Waals surface area contributed by atoms with E-state index >= 15 is 0 Å². The summed E-state index contributed by atoms with van der Waals surface area (Å²) in [6.07, 6.45) is 1.45. The second kappa shape index (κ2) is 7.16. The average Bonchev–Trinajstić information content (AvgIpc) is 2.27. The Morgan fingerprint density at radius 2 is 2.39 bits per heavy atom. The van der Waals surface area contributed by atoms with E-state index in [1.54, 1.807) is 0 Å². The molecule has 0 aliphatic carbocycles. The Kier molecular flexibility index (Phi) is 5.50. The van der Waals surface area contributed by atoms with Gasteiger partial charge in [-0.15, -0.1) is 0 Å². The van der Waals surface area contributed by atoms with Crippen LogP contribution in [0.15, 0.2) is 36.3 Å². The molecule has 0 spiro atoms. The number of nitro groups is 1. The number of rotatable bonds is 7. The van der Waals surface area contributed by atoms with E-state index < -0.39 is 4.92 Å². The second-order valence-electron chi connectivity index (χ2n) is 3.82. The fourth-order valence-corrected chi connectivity index (χ4v) is 1.36. The van der Waals surface area contributed by atoms with Crippen molar-refractivity contribution in [2.24, 2.45) is 5.73 Å². The van der Waals surface area contributed by atoms with Gasteiger partial charge in [0.25, 0.3) is 6.20 Å². The summed E-state index contributed by atoms with van der Waals surface area (Å²) < 4.78 is 5.52. The highest BCUT2D eigenvalue weighted by atomic mass is 16.6. The third-order valence-electron chi connectivity index (χ3n) is 2.15. The van der Waals surface area contributed by atoms with Gasteiger partial charge < -0.3 is 15.8 Å². The van der Waals surface area contributed by atoms with E-state index in [-0.39, 0.29) is 5.82 Å². The number of nitrogens with zero attached hydrogens (tertiary/aromatic N) is 1. The standard InChI is InChI=1S/C12H17N3O3/c1-10-4-2-5-11(8-10)18-7-3-6-14-12(13)9-15(16)17/h2,4-5,8-9,14H,3,6-7,13H2,1H3. The molecule has 0 aliphatic rings. The van der Waals surface area contributed by atoms with Crippen molar-refractivity contribution in [2.75, 3.05) is 13.2 Å². The van der Waals surface area contributed by atoms with E-state index in [0.717, 1.165) is 17.5 Å². The minimum Gasteiger partial charge on any atom is -0.494 e. The van der Waals surface area contributed by atoms with Crippen molar-refractivity contribution in [3.63, 3.8) is 0 Å². The van der Waals surface area contributed by atoms with E-state index in [1.807, 2.05) is 31.2 Å². The number of nitrogens with two attached hydrogens (primary N) is 1. The molecule has 0 fully saturated rings. The van der Waals surface area contributed by atoms with Gasteiger partial charge in [-0.1, -0.05) is 12.1 Å². The molecule has 0 heterocycles. The molecule has 1 aromatic rings. The molecule has 1 aromatic carbocycles. The van der Waals surface area contributed by atoms with Crippen LogP contribution in [-0.2, 0) is 0 Å². The molecule has 18 heavy (non-hydrogen) atoms. The minimum atomic E-state index is -0.592. The Bertz CT molecular complexity index is 432. The second-order valence-corrected chi connectivity index (χ2v) is 3.82. The van der Waals surface area contributed by atoms with Gasteiger partial charge in [0.15, 0.2) is 5.82 Å². The highest BCUT2D eigenvalue weighted by Crippen LogP contribution is 2.12. The lowest BCUT2D eigenvalue weighted by Crippen LogP contribution is -2.23. The Balaban J connectivity index is 2.18. The summed E-state index contributed by atoms with van der Waals surface area (Å²) in [5.74, 6) is 0.874. The lowest BCUT2D eigenvalue weighted by molar-refractivity contribution is -0.403. The van der Waals surface area contributed by atoms with Crippen molar-refractivity contribution in [1.29, 1.82) is 0 Å². The fraction of sp³-hybridized carbons (Fsp3) is 0.333. The Labute approximate surface area is 106 Å². The molecule has 0 bridgehead atoms. The van der Waals surface area contributed by atoms with Crippen LogP contribution in [0.1, 0.15) is 12.0 Å². The van der Waals surface area contributed by atoms with Crippen molar-refractivity contribution in [1.82, 2.24) is 5.32 Å². The van der Waals surface area contributed by atoms with Crippen LogP contribution in [0.2, 0.25) is 0 Å². The number of hydrogen-bond acceptors (Lipinski definition) is 5. The van der Waals surface area contributed by atoms with Crippen LogP contribution < -0.4 is 15.8 Å². The maximum absolute atomic E-state index is 10.1. The van der Waals surface area contributed by atoms with Gasteiger partial charge in [0.1, 0.15) is 5.75 Å². The molecule has 0 aliphatic heterocycles. The summed E-state index contributed by atoms with van der Waals surface area (Å²) >= 11 is 0. The molecular weight excluding hydrogens is 234 g/mol. The van der Waals surface area contributed by atoms with Gasteiger partial charge in [0.05, 0.1) is 11.5 Å². The zero-order valence-corrected chi connectivity index (χ0v) is 10.3. The van der Waals surface area contributed by atoms with Gasteiger partial charge in [-0.25, -0.2) is 0 Å². The summed E-state index contributed by atoms with van der Waals surface area (Å²) in [5, 5.41) is 12.8. The molecule has 0 atom stereocenters.